The number of methoxy groups -OCH3 is 1. The summed E-state index contributed by atoms with van der Waals surface area (Å²) in [5.74, 6) is 1.63. The molecule has 1 saturated carbocycles. The van der Waals surface area contributed by atoms with Crippen LogP contribution in [0.1, 0.15) is 19.8 Å². The van der Waals surface area contributed by atoms with Crippen molar-refractivity contribution in [1.29, 1.82) is 0 Å². The fraction of sp³-hybridized carbons (Fsp3) is 0.462. The van der Waals surface area contributed by atoms with Crippen LogP contribution in [0.15, 0.2) is 18.2 Å². The first kappa shape index (κ1) is 11.8. The van der Waals surface area contributed by atoms with Gasteiger partial charge in [-0.2, -0.15) is 0 Å². The average molecular weight is 235 g/mol. The van der Waals surface area contributed by atoms with Crippen molar-refractivity contribution < 1.29 is 14.3 Å². The van der Waals surface area contributed by atoms with Crippen molar-refractivity contribution in [1.82, 2.24) is 0 Å². The molecule has 1 amide bonds. The van der Waals surface area contributed by atoms with Crippen LogP contribution in [0.3, 0.4) is 0 Å². The summed E-state index contributed by atoms with van der Waals surface area (Å²) in [5.41, 5.74) is 0.756. The highest BCUT2D eigenvalue weighted by molar-refractivity contribution is 5.94. The van der Waals surface area contributed by atoms with E-state index in [9.17, 15) is 4.79 Å². The molecule has 1 fully saturated rings. The van der Waals surface area contributed by atoms with Crippen LogP contribution < -0.4 is 14.8 Å². The van der Waals surface area contributed by atoms with Gasteiger partial charge < -0.3 is 14.8 Å². The Morgan fingerprint density at radius 1 is 1.41 bits per heavy atom. The molecule has 1 aromatic rings. The summed E-state index contributed by atoms with van der Waals surface area (Å²) in [6.07, 6.45) is 2.00. The van der Waals surface area contributed by atoms with Crippen LogP contribution in [0, 0.1) is 5.92 Å². The molecule has 0 unspecified atom stereocenters. The summed E-state index contributed by atoms with van der Waals surface area (Å²) in [6, 6.07) is 5.41. The number of ether oxygens (including phenoxy) is 2. The van der Waals surface area contributed by atoms with E-state index in [1.807, 2.05) is 13.0 Å². The minimum absolute atomic E-state index is 0.0950. The quantitative estimate of drug-likeness (QED) is 0.852. The van der Waals surface area contributed by atoms with E-state index in [2.05, 4.69) is 5.32 Å². The molecule has 1 aliphatic carbocycles. The van der Waals surface area contributed by atoms with E-state index >= 15 is 0 Å². The molecule has 0 bridgehead atoms. The fourth-order valence-electron chi connectivity index (χ4n) is 1.61. The summed E-state index contributed by atoms with van der Waals surface area (Å²) >= 11 is 0. The zero-order valence-corrected chi connectivity index (χ0v) is 10.2. The molecule has 4 nitrogen and oxygen atoms in total. The Morgan fingerprint density at radius 2 is 2.18 bits per heavy atom. The zero-order chi connectivity index (χ0) is 12.3. The molecule has 0 heterocycles. The minimum Gasteiger partial charge on any atom is -0.493 e. The van der Waals surface area contributed by atoms with Crippen molar-refractivity contribution in [3.63, 3.8) is 0 Å². The largest absolute Gasteiger partial charge is 0.493 e. The maximum atomic E-state index is 11.6. The van der Waals surface area contributed by atoms with Crippen molar-refractivity contribution in [2.45, 2.75) is 19.8 Å². The molecule has 1 aromatic carbocycles. The van der Waals surface area contributed by atoms with Gasteiger partial charge in [0.05, 0.1) is 13.7 Å². The number of rotatable bonds is 5. The molecule has 4 heteroatoms. The summed E-state index contributed by atoms with van der Waals surface area (Å²) in [7, 11) is 1.60. The monoisotopic (exact) mass is 235 g/mol. The van der Waals surface area contributed by atoms with Gasteiger partial charge in [0.15, 0.2) is 11.5 Å². The second kappa shape index (κ2) is 5.08. The molecule has 0 atom stereocenters. The molecule has 1 N–H and O–H groups in total. The SMILES string of the molecule is CCOc1cc(NC(=O)C2CC2)ccc1OC. The lowest BCUT2D eigenvalue weighted by atomic mass is 10.2. The van der Waals surface area contributed by atoms with Gasteiger partial charge >= 0.3 is 0 Å². The van der Waals surface area contributed by atoms with Crippen molar-refractivity contribution in [2.24, 2.45) is 5.92 Å². The van der Waals surface area contributed by atoms with Crippen LogP contribution >= 0.6 is 0 Å². The molecule has 0 saturated heterocycles. The van der Waals surface area contributed by atoms with Gasteiger partial charge in [0.1, 0.15) is 0 Å². The predicted molar refractivity (Wildman–Crippen MR) is 65.5 cm³/mol. The molecular formula is C13H17NO3. The molecule has 0 aromatic heterocycles. The Bertz CT molecular complexity index is 413. The second-order valence-corrected chi connectivity index (χ2v) is 4.06. The van der Waals surface area contributed by atoms with Crippen LogP contribution in [0.4, 0.5) is 5.69 Å². The lowest BCUT2D eigenvalue weighted by molar-refractivity contribution is -0.117. The molecule has 92 valence electrons. The topological polar surface area (TPSA) is 47.6 Å². The van der Waals surface area contributed by atoms with Crippen molar-refractivity contribution in [2.75, 3.05) is 19.0 Å². The Morgan fingerprint density at radius 3 is 2.76 bits per heavy atom. The highest BCUT2D eigenvalue weighted by atomic mass is 16.5. The van der Waals surface area contributed by atoms with E-state index in [0.29, 0.717) is 18.1 Å². The van der Waals surface area contributed by atoms with Crippen LogP contribution in [0.25, 0.3) is 0 Å². The van der Waals surface area contributed by atoms with Gasteiger partial charge in [-0.1, -0.05) is 0 Å². The van der Waals surface area contributed by atoms with E-state index in [1.54, 1.807) is 19.2 Å². The predicted octanol–water partition coefficient (Wildman–Crippen LogP) is 2.44. The van der Waals surface area contributed by atoms with E-state index in [-0.39, 0.29) is 11.8 Å². The van der Waals surface area contributed by atoms with E-state index in [1.165, 1.54) is 0 Å². The van der Waals surface area contributed by atoms with Gasteiger partial charge in [-0.15, -0.1) is 0 Å². The number of carbonyl (C=O) groups is 1. The van der Waals surface area contributed by atoms with Crippen LogP contribution in [0.5, 0.6) is 11.5 Å². The Hall–Kier alpha value is -1.71. The van der Waals surface area contributed by atoms with Crippen molar-refractivity contribution in [3.05, 3.63) is 18.2 Å². The van der Waals surface area contributed by atoms with Gasteiger partial charge in [-0.05, 0) is 31.9 Å². The Balaban J connectivity index is 2.11. The smallest absolute Gasteiger partial charge is 0.227 e. The van der Waals surface area contributed by atoms with Gasteiger partial charge in [0.2, 0.25) is 5.91 Å². The molecule has 2 rings (SSSR count). The number of benzene rings is 1. The first-order valence-electron chi connectivity index (χ1n) is 5.86. The number of anilines is 1. The first-order chi connectivity index (χ1) is 8.24. The lowest BCUT2D eigenvalue weighted by Gasteiger charge is -2.11. The van der Waals surface area contributed by atoms with E-state index in [4.69, 9.17) is 9.47 Å². The maximum Gasteiger partial charge on any atom is 0.227 e. The highest BCUT2D eigenvalue weighted by Gasteiger charge is 2.29. The van der Waals surface area contributed by atoms with Gasteiger partial charge in [0.25, 0.3) is 0 Å². The second-order valence-electron chi connectivity index (χ2n) is 4.06. The third-order valence-corrected chi connectivity index (χ3v) is 2.68. The number of amides is 1. The summed E-state index contributed by atoms with van der Waals surface area (Å²) in [6.45, 7) is 2.48. The third-order valence-electron chi connectivity index (χ3n) is 2.68. The number of carbonyl (C=O) groups excluding carboxylic acids is 1. The van der Waals surface area contributed by atoms with E-state index in [0.717, 1.165) is 18.5 Å². The fourth-order valence-corrected chi connectivity index (χ4v) is 1.61. The summed E-state index contributed by atoms with van der Waals surface area (Å²) in [5, 5.41) is 2.88. The standard InChI is InChI=1S/C13H17NO3/c1-3-17-12-8-10(6-7-11(12)16-2)14-13(15)9-4-5-9/h6-9H,3-5H2,1-2H3,(H,14,15). The summed E-state index contributed by atoms with van der Waals surface area (Å²) in [4.78, 5) is 11.6. The summed E-state index contributed by atoms with van der Waals surface area (Å²) < 4.78 is 10.6. The minimum atomic E-state index is 0.0950. The normalized spacial score (nSPS) is 14.2. The van der Waals surface area contributed by atoms with Gasteiger partial charge in [-0.25, -0.2) is 0 Å². The third kappa shape index (κ3) is 2.90. The molecular weight excluding hydrogens is 218 g/mol. The molecule has 17 heavy (non-hydrogen) atoms. The van der Waals surface area contributed by atoms with Crippen LogP contribution in [0.2, 0.25) is 0 Å². The number of nitrogens with one attached hydrogen (secondary N) is 1. The Kier molecular flexibility index (Phi) is 3.52. The van der Waals surface area contributed by atoms with Gasteiger partial charge in [0, 0.05) is 17.7 Å². The molecule has 0 spiro atoms. The van der Waals surface area contributed by atoms with Gasteiger partial charge in [-0.3, -0.25) is 4.79 Å². The first-order valence-corrected chi connectivity index (χ1v) is 5.86. The van der Waals surface area contributed by atoms with Crippen LogP contribution in [-0.2, 0) is 4.79 Å². The van der Waals surface area contributed by atoms with Crippen LogP contribution in [-0.4, -0.2) is 19.6 Å². The highest BCUT2D eigenvalue weighted by Crippen LogP contribution is 2.33. The lowest BCUT2D eigenvalue weighted by Crippen LogP contribution is -2.13. The average Bonchev–Trinajstić information content (AvgIpc) is 3.13. The molecule has 1 aliphatic rings. The molecule has 0 aliphatic heterocycles. The zero-order valence-electron chi connectivity index (χ0n) is 10.2. The Labute approximate surface area is 101 Å². The number of hydrogen-bond donors (Lipinski definition) is 1. The number of hydrogen-bond acceptors (Lipinski definition) is 3. The maximum absolute atomic E-state index is 11.6. The molecule has 0 radical (unpaired) electrons. The van der Waals surface area contributed by atoms with E-state index < -0.39 is 0 Å². The van der Waals surface area contributed by atoms with Crippen molar-refractivity contribution >= 4 is 11.6 Å². The van der Waals surface area contributed by atoms with Crippen molar-refractivity contribution in [3.8, 4) is 11.5 Å².